The zero-order valence-electron chi connectivity index (χ0n) is 24.7. The lowest BCUT2D eigenvalue weighted by Gasteiger charge is -2.28. The van der Waals surface area contributed by atoms with Gasteiger partial charge in [0.15, 0.2) is 0 Å². The van der Waals surface area contributed by atoms with Crippen LogP contribution in [0.2, 0.25) is 0 Å². The van der Waals surface area contributed by atoms with Crippen molar-refractivity contribution in [1.29, 1.82) is 0 Å². The van der Waals surface area contributed by atoms with E-state index in [1.807, 2.05) is 48.5 Å². The average molecular weight is 616 g/mol. The van der Waals surface area contributed by atoms with Crippen molar-refractivity contribution in [3.05, 3.63) is 105 Å². The Kier molecular flexibility index (Phi) is 9.23. The second kappa shape index (κ2) is 12.5. The summed E-state index contributed by atoms with van der Waals surface area (Å²) in [6.07, 6.45) is 2.43. The SMILES string of the molecule is CC(C)(C)c1cc(CCC(=O)N/N=C/c2cc(Br)ccc2OCc2cccc3ccccc23)cc(C(C)(C)C)c1O. The van der Waals surface area contributed by atoms with E-state index in [2.05, 4.69) is 92.3 Å². The van der Waals surface area contributed by atoms with Crippen LogP contribution in [0, 0.1) is 0 Å². The van der Waals surface area contributed by atoms with Gasteiger partial charge in [0.1, 0.15) is 18.1 Å². The van der Waals surface area contributed by atoms with Crippen molar-refractivity contribution in [3.63, 3.8) is 0 Å². The van der Waals surface area contributed by atoms with Gasteiger partial charge in [0, 0.05) is 16.5 Å². The number of phenols is 1. The maximum atomic E-state index is 12.7. The summed E-state index contributed by atoms with van der Waals surface area (Å²) in [6, 6.07) is 24.2. The standard InChI is InChI=1S/C35H39BrN2O3/c1-34(2,3)29-18-23(19-30(33(29)40)35(4,5)6)14-17-32(39)38-37-21-26-20-27(36)15-16-31(26)41-22-25-12-9-11-24-10-7-8-13-28(24)25/h7-13,15-16,18-21,40H,14,17,22H2,1-6H3,(H,38,39)/b37-21+. The van der Waals surface area contributed by atoms with Crippen molar-refractivity contribution >= 4 is 38.8 Å². The van der Waals surface area contributed by atoms with E-state index >= 15 is 0 Å². The highest BCUT2D eigenvalue weighted by atomic mass is 79.9. The third-order valence-corrected chi connectivity index (χ3v) is 7.55. The van der Waals surface area contributed by atoms with Crippen LogP contribution >= 0.6 is 15.9 Å². The fourth-order valence-electron chi connectivity index (χ4n) is 4.80. The van der Waals surface area contributed by atoms with E-state index < -0.39 is 0 Å². The van der Waals surface area contributed by atoms with Crippen LogP contribution in [0.4, 0.5) is 0 Å². The third-order valence-electron chi connectivity index (χ3n) is 7.05. The van der Waals surface area contributed by atoms with E-state index in [4.69, 9.17) is 4.74 Å². The molecule has 1 amide bonds. The van der Waals surface area contributed by atoms with Crippen LogP contribution < -0.4 is 10.2 Å². The number of fused-ring (bicyclic) bond motifs is 1. The summed E-state index contributed by atoms with van der Waals surface area (Å²) in [4.78, 5) is 12.7. The molecule has 0 heterocycles. The molecule has 4 rings (SSSR count). The summed E-state index contributed by atoms with van der Waals surface area (Å²) in [5.41, 5.74) is 6.88. The molecule has 0 saturated carbocycles. The van der Waals surface area contributed by atoms with Gasteiger partial charge in [0.25, 0.3) is 0 Å². The number of rotatable bonds is 8. The minimum atomic E-state index is -0.218. The van der Waals surface area contributed by atoms with Crippen LogP contribution in [0.25, 0.3) is 10.8 Å². The predicted molar refractivity (Wildman–Crippen MR) is 172 cm³/mol. The van der Waals surface area contributed by atoms with Gasteiger partial charge in [-0.3, -0.25) is 4.79 Å². The molecular weight excluding hydrogens is 576 g/mol. The van der Waals surface area contributed by atoms with Gasteiger partial charge in [-0.05, 0) is 68.5 Å². The molecular formula is C35H39BrN2O3. The number of hydrogen-bond donors (Lipinski definition) is 2. The molecule has 0 fully saturated rings. The van der Waals surface area contributed by atoms with Gasteiger partial charge in [-0.1, -0.05) is 112 Å². The first-order valence-electron chi connectivity index (χ1n) is 13.9. The largest absolute Gasteiger partial charge is 0.507 e. The molecule has 41 heavy (non-hydrogen) atoms. The van der Waals surface area contributed by atoms with E-state index in [-0.39, 0.29) is 23.2 Å². The van der Waals surface area contributed by atoms with Gasteiger partial charge in [0.05, 0.1) is 6.21 Å². The first-order chi connectivity index (χ1) is 19.3. The first kappa shape index (κ1) is 30.3. The summed E-state index contributed by atoms with van der Waals surface area (Å²) in [7, 11) is 0. The Balaban J connectivity index is 1.42. The van der Waals surface area contributed by atoms with Gasteiger partial charge in [-0.15, -0.1) is 0 Å². The van der Waals surface area contributed by atoms with E-state index in [1.165, 1.54) is 5.39 Å². The zero-order valence-corrected chi connectivity index (χ0v) is 26.3. The number of carbonyl (C=O) groups excluding carboxylic acids is 1. The summed E-state index contributed by atoms with van der Waals surface area (Å²) in [5, 5.41) is 17.5. The smallest absolute Gasteiger partial charge is 0.240 e. The van der Waals surface area contributed by atoms with E-state index in [1.54, 1.807) is 6.21 Å². The number of hydrogen-bond acceptors (Lipinski definition) is 4. The summed E-state index contributed by atoms with van der Waals surface area (Å²) < 4.78 is 7.08. The van der Waals surface area contributed by atoms with Crippen molar-refractivity contribution in [2.24, 2.45) is 5.10 Å². The average Bonchev–Trinajstić information content (AvgIpc) is 2.90. The van der Waals surface area contributed by atoms with Crippen molar-refractivity contribution < 1.29 is 14.6 Å². The van der Waals surface area contributed by atoms with Crippen LogP contribution in [0.3, 0.4) is 0 Å². The number of amides is 1. The van der Waals surface area contributed by atoms with Crippen molar-refractivity contribution in [2.75, 3.05) is 0 Å². The third kappa shape index (κ3) is 7.76. The number of phenolic OH excluding ortho intramolecular Hbond substituents is 1. The molecule has 0 saturated heterocycles. The molecule has 5 nitrogen and oxygen atoms in total. The molecule has 0 aliphatic carbocycles. The minimum Gasteiger partial charge on any atom is -0.507 e. The molecule has 0 bridgehead atoms. The molecule has 0 atom stereocenters. The molecule has 0 unspecified atom stereocenters. The van der Waals surface area contributed by atoms with Crippen molar-refractivity contribution in [2.45, 2.75) is 71.8 Å². The molecule has 214 valence electrons. The number of benzene rings is 4. The van der Waals surface area contributed by atoms with Gasteiger partial charge >= 0.3 is 0 Å². The van der Waals surface area contributed by atoms with Crippen molar-refractivity contribution in [1.82, 2.24) is 5.43 Å². The predicted octanol–water partition coefficient (Wildman–Crippen LogP) is 8.56. The summed E-state index contributed by atoms with van der Waals surface area (Å²) in [6.45, 7) is 12.9. The number of aryl methyl sites for hydroxylation is 1. The van der Waals surface area contributed by atoms with Crippen molar-refractivity contribution in [3.8, 4) is 11.5 Å². The van der Waals surface area contributed by atoms with Gasteiger partial charge in [-0.2, -0.15) is 5.10 Å². The van der Waals surface area contributed by atoms with Crippen LogP contribution in [-0.4, -0.2) is 17.2 Å². The Morgan fingerprint density at radius 1 is 0.927 bits per heavy atom. The van der Waals surface area contributed by atoms with E-state index in [9.17, 15) is 9.90 Å². The maximum Gasteiger partial charge on any atom is 0.240 e. The number of halogens is 1. The highest BCUT2D eigenvalue weighted by molar-refractivity contribution is 9.10. The number of carbonyl (C=O) groups is 1. The molecule has 4 aromatic rings. The Labute approximate surface area is 251 Å². The fourth-order valence-corrected chi connectivity index (χ4v) is 5.17. The Hall–Kier alpha value is -3.64. The number of nitrogens with zero attached hydrogens (tertiary/aromatic N) is 1. The van der Waals surface area contributed by atoms with Gasteiger partial charge < -0.3 is 9.84 Å². The van der Waals surface area contributed by atoms with Crippen LogP contribution in [-0.2, 0) is 28.7 Å². The molecule has 0 aliphatic rings. The second-order valence-electron chi connectivity index (χ2n) is 12.4. The minimum absolute atomic E-state index is 0.183. The fraction of sp³-hybridized carbons (Fsp3) is 0.314. The highest BCUT2D eigenvalue weighted by Crippen LogP contribution is 2.40. The topological polar surface area (TPSA) is 70.9 Å². The quantitative estimate of drug-likeness (QED) is 0.154. The monoisotopic (exact) mass is 614 g/mol. The van der Waals surface area contributed by atoms with Gasteiger partial charge in [0.2, 0.25) is 5.91 Å². The summed E-state index contributed by atoms with van der Waals surface area (Å²) >= 11 is 3.52. The first-order valence-corrected chi connectivity index (χ1v) is 14.7. The van der Waals surface area contributed by atoms with Crippen LogP contribution in [0.5, 0.6) is 11.5 Å². The molecule has 0 spiro atoms. The number of hydrazone groups is 1. The maximum absolute atomic E-state index is 12.7. The lowest BCUT2D eigenvalue weighted by Crippen LogP contribution is -2.20. The number of aromatic hydroxyl groups is 1. The normalized spacial score (nSPS) is 12.2. The molecule has 0 radical (unpaired) electrons. The lowest BCUT2D eigenvalue weighted by atomic mass is 9.78. The highest BCUT2D eigenvalue weighted by Gasteiger charge is 2.26. The Morgan fingerprint density at radius 3 is 2.27 bits per heavy atom. The molecule has 0 aliphatic heterocycles. The molecule has 4 aromatic carbocycles. The Bertz CT molecular complexity index is 1540. The second-order valence-corrected chi connectivity index (χ2v) is 13.4. The lowest BCUT2D eigenvalue weighted by molar-refractivity contribution is -0.121. The number of nitrogens with one attached hydrogen (secondary N) is 1. The number of ether oxygens (including phenoxy) is 1. The van der Waals surface area contributed by atoms with E-state index in [0.29, 0.717) is 24.5 Å². The van der Waals surface area contributed by atoms with E-state index in [0.717, 1.165) is 37.7 Å². The zero-order chi connectivity index (χ0) is 29.8. The molecule has 6 heteroatoms. The van der Waals surface area contributed by atoms with Gasteiger partial charge in [-0.25, -0.2) is 5.43 Å². The molecule has 2 N–H and O–H groups in total. The molecule has 0 aromatic heterocycles. The summed E-state index contributed by atoms with van der Waals surface area (Å²) in [5.74, 6) is 0.833. The van der Waals surface area contributed by atoms with Crippen LogP contribution in [0.1, 0.15) is 75.8 Å². The Morgan fingerprint density at radius 2 is 1.59 bits per heavy atom. The van der Waals surface area contributed by atoms with Crippen LogP contribution in [0.15, 0.2) is 82.4 Å².